The van der Waals surface area contributed by atoms with E-state index in [1.165, 1.54) is 188 Å². The lowest BCUT2D eigenvalue weighted by molar-refractivity contribution is -0.0450. The molecule has 2 rings (SSSR count). The molecule has 1 saturated heterocycles. The fourth-order valence-corrected chi connectivity index (χ4v) is 8.20. The van der Waals surface area contributed by atoms with Crippen LogP contribution in [0.3, 0.4) is 0 Å². The minimum absolute atomic E-state index is 0.0888. The predicted octanol–water partition coefficient (Wildman–Crippen LogP) is 9.79. The van der Waals surface area contributed by atoms with Gasteiger partial charge in [0.1, 0.15) is 12.3 Å². The number of ether oxygens (including phenoxy) is 1. The maximum atomic E-state index is 11.8. The summed E-state index contributed by atoms with van der Waals surface area (Å²) < 4.78 is 36.3. The summed E-state index contributed by atoms with van der Waals surface area (Å²) in [5.41, 5.74) is -1.12. The second-order valence-electron chi connectivity index (χ2n) is 17.0. The van der Waals surface area contributed by atoms with Crippen molar-refractivity contribution in [1.29, 1.82) is 0 Å². The summed E-state index contributed by atoms with van der Waals surface area (Å²) in [6.45, 7) is 33.1. The van der Waals surface area contributed by atoms with Crippen molar-refractivity contribution in [1.82, 2.24) is 24.3 Å². The molecule has 0 bridgehead atoms. The van der Waals surface area contributed by atoms with Gasteiger partial charge >= 0.3 is 21.3 Å². The number of hydrogen-bond donors (Lipinski definition) is 5. The molecule has 0 amide bonds. The van der Waals surface area contributed by atoms with E-state index in [2.05, 4.69) is 90.8 Å². The van der Waals surface area contributed by atoms with E-state index >= 15 is 0 Å². The molecule has 0 radical (unpaired) electrons. The normalized spacial score (nSPS) is 17.1. The van der Waals surface area contributed by atoms with Crippen molar-refractivity contribution in [2.24, 2.45) is 0 Å². The molecule has 2 heterocycles. The van der Waals surface area contributed by atoms with E-state index in [4.69, 9.17) is 14.5 Å². The number of H-pyrrole nitrogens is 1. The van der Waals surface area contributed by atoms with Gasteiger partial charge in [-0.1, -0.05) is 120 Å². The van der Waals surface area contributed by atoms with Crippen molar-refractivity contribution < 1.29 is 42.5 Å². The molecular formula is C46H97N5O11P2. The van der Waals surface area contributed by atoms with Gasteiger partial charge in [-0.3, -0.25) is 18.9 Å². The number of aliphatic hydroxyl groups is 1. The van der Waals surface area contributed by atoms with Crippen molar-refractivity contribution in [3.8, 4) is 0 Å². The van der Waals surface area contributed by atoms with Crippen molar-refractivity contribution in [3.63, 3.8) is 0 Å². The third kappa shape index (κ3) is 35.0. The largest absolute Gasteiger partial charge is 0.481 e. The highest BCUT2D eigenvalue weighted by Crippen LogP contribution is 2.57. The van der Waals surface area contributed by atoms with Gasteiger partial charge in [0, 0.05) is 18.2 Å². The third-order valence-electron chi connectivity index (χ3n) is 10.7. The Labute approximate surface area is 389 Å². The molecule has 0 aliphatic carbocycles. The maximum absolute atomic E-state index is 11.8. The van der Waals surface area contributed by atoms with Gasteiger partial charge in [0.15, 0.2) is 0 Å². The first-order chi connectivity index (χ1) is 30.4. The minimum Gasteiger partial charge on any atom is -0.390 e. The molecule has 16 nitrogen and oxygen atoms in total. The van der Waals surface area contributed by atoms with E-state index in [-0.39, 0.29) is 12.0 Å². The van der Waals surface area contributed by atoms with Gasteiger partial charge in [0.25, 0.3) is 5.56 Å². The summed E-state index contributed by atoms with van der Waals surface area (Å²) in [5, 5.41) is 9.91. The number of rotatable bonds is 33. The monoisotopic (exact) mass is 958 g/mol. The molecule has 0 spiro atoms. The number of nitrogens with zero attached hydrogens (tertiary/aromatic N) is 4. The van der Waals surface area contributed by atoms with Gasteiger partial charge in [0.2, 0.25) is 0 Å². The molecule has 1 aromatic heterocycles. The Kier molecular flexibility index (Phi) is 41.3. The molecule has 0 saturated carbocycles. The fourth-order valence-electron chi connectivity index (χ4n) is 6.60. The number of nitrogens with one attached hydrogen (secondary N) is 1. The van der Waals surface area contributed by atoms with E-state index in [0.717, 1.165) is 4.57 Å². The van der Waals surface area contributed by atoms with Crippen LogP contribution in [0.2, 0.25) is 0 Å². The average Bonchev–Trinajstić information content (AvgIpc) is 3.62. The first-order valence-electron chi connectivity index (χ1n) is 25.0. The highest BCUT2D eigenvalue weighted by atomic mass is 31.3. The zero-order chi connectivity index (χ0) is 48.8. The Morgan fingerprint density at radius 2 is 0.938 bits per heavy atom. The summed E-state index contributed by atoms with van der Waals surface area (Å²) in [4.78, 5) is 59.3. The molecule has 1 aliphatic heterocycles. The highest BCUT2D eigenvalue weighted by molar-refractivity contribution is 7.60. The number of phosphoric ester groups is 1. The molecule has 1 unspecified atom stereocenters. The van der Waals surface area contributed by atoms with Crippen LogP contribution in [0.4, 0.5) is 0 Å². The third-order valence-corrected chi connectivity index (χ3v) is 12.9. The topological polar surface area (TPSA) is 207 Å². The summed E-state index contributed by atoms with van der Waals surface area (Å²) in [6, 6.07) is 0. The van der Waals surface area contributed by atoms with Crippen LogP contribution in [0, 0.1) is 6.92 Å². The van der Waals surface area contributed by atoms with Crippen molar-refractivity contribution in [2.75, 3.05) is 65.5 Å². The zero-order valence-corrected chi connectivity index (χ0v) is 43.9. The van der Waals surface area contributed by atoms with E-state index in [1.807, 2.05) is 0 Å². The van der Waals surface area contributed by atoms with Crippen LogP contribution in [0.25, 0.3) is 0 Å². The lowest BCUT2D eigenvalue weighted by Gasteiger charge is -2.21. The van der Waals surface area contributed by atoms with Gasteiger partial charge < -0.3 is 39.2 Å². The van der Waals surface area contributed by atoms with Gasteiger partial charge in [-0.25, -0.2) is 13.9 Å². The number of unbranched alkanes of at least 4 members (excludes halogenated alkanes) is 9. The Morgan fingerprint density at radius 3 is 1.22 bits per heavy atom. The van der Waals surface area contributed by atoms with E-state index in [9.17, 15) is 28.7 Å². The molecule has 1 aliphatic rings. The molecule has 64 heavy (non-hydrogen) atoms. The summed E-state index contributed by atoms with van der Waals surface area (Å²) in [7, 11) is -10.3. The van der Waals surface area contributed by atoms with Gasteiger partial charge in [-0.05, 0) is 124 Å². The Bertz CT molecular complexity index is 1330. The maximum Gasteiger partial charge on any atom is 0.481 e. The average molecular weight is 958 g/mol. The van der Waals surface area contributed by atoms with Crippen LogP contribution in [0.15, 0.2) is 15.8 Å². The van der Waals surface area contributed by atoms with Crippen molar-refractivity contribution >= 4 is 15.6 Å². The summed E-state index contributed by atoms with van der Waals surface area (Å²) in [6.07, 6.45) is 22.0. The second kappa shape index (κ2) is 40.8. The Morgan fingerprint density at radius 1 is 0.625 bits per heavy atom. The van der Waals surface area contributed by atoms with E-state index in [1.54, 1.807) is 0 Å². The number of hydrogen-bond acceptors (Lipinski definition) is 11. The van der Waals surface area contributed by atoms with Crippen LogP contribution < -0.4 is 11.2 Å². The number of aryl methyl sites for hydroxylation is 1. The van der Waals surface area contributed by atoms with E-state index in [0.29, 0.717) is 0 Å². The summed E-state index contributed by atoms with van der Waals surface area (Å²) in [5.74, 6) is 0. The number of aromatic amines is 1. The smallest absolute Gasteiger partial charge is 0.390 e. The minimum atomic E-state index is -5.26. The number of aromatic nitrogens is 2. The predicted molar refractivity (Wildman–Crippen MR) is 263 cm³/mol. The van der Waals surface area contributed by atoms with E-state index < -0.39 is 51.9 Å². The molecule has 18 heteroatoms. The molecule has 1 fully saturated rings. The molecule has 0 aromatic carbocycles. The highest BCUT2D eigenvalue weighted by Gasteiger charge is 2.39. The lowest BCUT2D eigenvalue weighted by Crippen LogP contribution is -2.33. The van der Waals surface area contributed by atoms with Crippen LogP contribution in [-0.4, -0.2) is 122 Å². The second-order valence-corrected chi connectivity index (χ2v) is 19.8. The lowest BCUT2D eigenvalue weighted by atomic mass is 10.2. The van der Waals surface area contributed by atoms with Gasteiger partial charge in [-0.2, -0.15) is 4.31 Å². The van der Waals surface area contributed by atoms with Crippen LogP contribution >= 0.6 is 15.6 Å². The Balaban J connectivity index is 0. The van der Waals surface area contributed by atoms with Crippen molar-refractivity contribution in [3.05, 3.63) is 32.6 Å². The number of phosphoric acid groups is 2. The van der Waals surface area contributed by atoms with Gasteiger partial charge in [0.05, 0.1) is 12.7 Å². The van der Waals surface area contributed by atoms with Crippen molar-refractivity contribution in [2.45, 2.75) is 210 Å². The standard InChI is InChI=1S/3C12H27N.C10H16N2O11P2/c3*1-4-7-10-13(11-8-5-2)12-9-6-3;1-5-3-12(10(15)11-9(5)14)8-2-6(13)7(22-8)4-21-25(19,20)23-24(16,17)18/h3*4-12H2,1-3H3;3,6-8,13H,2,4H2,1H3,(H,19,20)(H,11,14,15)(H2,16,17,18)/t;;;6-,7+,8+/m...0/s1. The molecule has 5 N–H and O–H groups in total. The SMILES string of the molecule is CCCCN(CCCC)CCCC.CCCCN(CCCC)CCCC.CCCCN(CCCC)CCCC.Cc1cn([C@H]2C[C@H](O)[C@@H](COP(=O)(O)OP(=O)(O)O)O2)c(=O)[nH]c1=O. The first kappa shape index (κ1) is 64.8. The molecule has 382 valence electrons. The number of aliphatic hydroxyl groups excluding tert-OH is 1. The summed E-state index contributed by atoms with van der Waals surface area (Å²) >= 11 is 0. The molecule has 4 atom stereocenters. The van der Waals surface area contributed by atoms with Gasteiger partial charge in [-0.15, -0.1) is 0 Å². The van der Waals surface area contributed by atoms with Crippen LogP contribution in [0.5, 0.6) is 0 Å². The molecule has 1 aromatic rings. The van der Waals surface area contributed by atoms with Crippen LogP contribution in [0.1, 0.15) is 196 Å². The molecular weight excluding hydrogens is 860 g/mol. The zero-order valence-electron chi connectivity index (χ0n) is 42.1. The quantitative estimate of drug-likeness (QED) is 0.0416. The Hall–Kier alpha value is -1.26. The first-order valence-corrected chi connectivity index (χ1v) is 28.0. The van der Waals surface area contributed by atoms with Crippen LogP contribution in [-0.2, 0) is 22.7 Å². The fraction of sp³-hybridized carbons (Fsp3) is 0.913.